The van der Waals surface area contributed by atoms with Gasteiger partial charge in [0.15, 0.2) is 6.10 Å². The molecule has 1 amide bonds. The average molecular weight is 268 g/mol. The zero-order valence-corrected chi connectivity index (χ0v) is 11.4. The summed E-state index contributed by atoms with van der Waals surface area (Å²) in [5.41, 5.74) is 0.0953. The van der Waals surface area contributed by atoms with Crippen molar-refractivity contribution in [3.8, 4) is 6.07 Å². The Balaban J connectivity index is 2.68. The summed E-state index contributed by atoms with van der Waals surface area (Å²) in [6.07, 6.45) is -1.33. The van der Waals surface area contributed by atoms with Crippen LogP contribution >= 0.6 is 11.3 Å². The third kappa shape index (κ3) is 4.35. The lowest BCUT2D eigenvalue weighted by Gasteiger charge is -2.22. The number of nitrogens with one attached hydrogen (secondary N) is 1. The van der Waals surface area contributed by atoms with E-state index in [0.717, 1.165) is 0 Å². The molecule has 98 valence electrons. The van der Waals surface area contributed by atoms with Gasteiger partial charge in [-0.3, -0.25) is 0 Å². The summed E-state index contributed by atoms with van der Waals surface area (Å²) in [5.74, 6) is 0. The molecular formula is C12H16N2O3S. The molecule has 0 aliphatic rings. The third-order valence-corrected chi connectivity index (χ3v) is 2.98. The van der Waals surface area contributed by atoms with Crippen LogP contribution in [0.2, 0.25) is 0 Å². The van der Waals surface area contributed by atoms with Gasteiger partial charge in [-0.05, 0) is 26.8 Å². The maximum absolute atomic E-state index is 11.6. The molecule has 2 N–H and O–H groups in total. The number of thiophene rings is 1. The molecular weight excluding hydrogens is 252 g/mol. The van der Waals surface area contributed by atoms with E-state index >= 15 is 0 Å². The molecule has 6 heteroatoms. The topological polar surface area (TPSA) is 82.3 Å². The number of carbonyl (C=O) groups is 1. The van der Waals surface area contributed by atoms with Crippen molar-refractivity contribution in [1.82, 2.24) is 5.32 Å². The second-order valence-corrected chi connectivity index (χ2v) is 5.74. The molecule has 0 spiro atoms. The molecule has 0 aromatic carbocycles. The highest BCUT2D eigenvalue weighted by Crippen LogP contribution is 2.24. The van der Waals surface area contributed by atoms with Crippen LogP contribution in [-0.2, 0) is 4.74 Å². The van der Waals surface area contributed by atoms with Crippen molar-refractivity contribution in [2.45, 2.75) is 32.4 Å². The maximum Gasteiger partial charge on any atom is 0.408 e. The zero-order chi connectivity index (χ0) is 13.8. The van der Waals surface area contributed by atoms with Crippen molar-refractivity contribution in [3.05, 3.63) is 21.9 Å². The van der Waals surface area contributed by atoms with E-state index in [1.165, 1.54) is 11.3 Å². The van der Waals surface area contributed by atoms with E-state index in [-0.39, 0.29) is 6.61 Å². The Bertz CT molecular complexity index is 457. The zero-order valence-electron chi connectivity index (χ0n) is 10.6. The Hall–Kier alpha value is -1.58. The van der Waals surface area contributed by atoms with Gasteiger partial charge < -0.3 is 15.2 Å². The number of nitriles is 1. The number of rotatable bonds is 3. The lowest BCUT2D eigenvalue weighted by atomic mass is 10.1. The van der Waals surface area contributed by atoms with E-state index < -0.39 is 17.7 Å². The molecule has 0 radical (unpaired) electrons. The van der Waals surface area contributed by atoms with E-state index in [2.05, 4.69) is 5.32 Å². The summed E-state index contributed by atoms with van der Waals surface area (Å²) in [6, 6.07) is 3.60. The Morgan fingerprint density at radius 3 is 2.78 bits per heavy atom. The van der Waals surface area contributed by atoms with Crippen molar-refractivity contribution in [2.75, 3.05) is 6.61 Å². The highest BCUT2D eigenvalue weighted by atomic mass is 32.1. The van der Waals surface area contributed by atoms with E-state index in [0.29, 0.717) is 10.4 Å². The first kappa shape index (κ1) is 14.5. The van der Waals surface area contributed by atoms with E-state index in [1.54, 1.807) is 11.4 Å². The summed E-state index contributed by atoms with van der Waals surface area (Å²) < 4.78 is 5.12. The number of ether oxygens (including phenoxy) is 1. The first-order valence-electron chi connectivity index (χ1n) is 5.44. The molecule has 18 heavy (non-hydrogen) atoms. The van der Waals surface area contributed by atoms with Crippen LogP contribution in [0.1, 0.15) is 37.3 Å². The van der Waals surface area contributed by atoms with Crippen LogP contribution in [0.15, 0.2) is 11.4 Å². The lowest BCUT2D eigenvalue weighted by Crippen LogP contribution is -2.41. The number of nitrogens with zero attached hydrogens (tertiary/aromatic N) is 1. The predicted molar refractivity (Wildman–Crippen MR) is 68.2 cm³/mol. The van der Waals surface area contributed by atoms with Crippen molar-refractivity contribution in [1.29, 1.82) is 5.26 Å². The Kier molecular flexibility index (Phi) is 4.70. The Labute approximate surface area is 110 Å². The van der Waals surface area contributed by atoms with Gasteiger partial charge in [0.2, 0.25) is 0 Å². The molecule has 1 rings (SSSR count). The molecule has 0 unspecified atom stereocenters. The second kappa shape index (κ2) is 5.85. The molecule has 0 aliphatic heterocycles. The number of amides is 1. The van der Waals surface area contributed by atoms with Crippen molar-refractivity contribution >= 4 is 17.4 Å². The Morgan fingerprint density at radius 2 is 2.33 bits per heavy atom. The van der Waals surface area contributed by atoms with Crippen LogP contribution in [0.3, 0.4) is 0 Å². The van der Waals surface area contributed by atoms with E-state index in [4.69, 9.17) is 10.00 Å². The summed E-state index contributed by atoms with van der Waals surface area (Å²) in [7, 11) is 0. The number of hydrogen-bond donors (Lipinski definition) is 2. The number of alkyl carbamates (subject to hydrolysis) is 1. The summed E-state index contributed by atoms with van der Waals surface area (Å²) in [5, 5.41) is 22.2. The predicted octanol–water partition coefficient (Wildman–Crippen LogP) is 2.18. The van der Waals surface area contributed by atoms with Crippen molar-refractivity contribution < 1.29 is 14.6 Å². The summed E-state index contributed by atoms with van der Waals surface area (Å²) >= 11 is 1.28. The molecule has 1 atom stereocenters. The van der Waals surface area contributed by atoms with Gasteiger partial charge in [-0.25, -0.2) is 4.79 Å². The monoisotopic (exact) mass is 268 g/mol. The summed E-state index contributed by atoms with van der Waals surface area (Å²) in [6.45, 7) is 5.19. The van der Waals surface area contributed by atoms with Crippen molar-refractivity contribution in [2.24, 2.45) is 0 Å². The third-order valence-electron chi connectivity index (χ3n) is 1.96. The fourth-order valence-corrected chi connectivity index (χ4v) is 2.08. The van der Waals surface area contributed by atoms with Gasteiger partial charge in [0, 0.05) is 15.8 Å². The van der Waals surface area contributed by atoms with E-state index in [1.807, 2.05) is 26.8 Å². The largest absolute Gasteiger partial charge is 0.438 e. The molecule has 0 aliphatic carbocycles. The first-order chi connectivity index (χ1) is 8.35. The van der Waals surface area contributed by atoms with Gasteiger partial charge in [-0.1, -0.05) is 0 Å². The Morgan fingerprint density at radius 1 is 1.67 bits per heavy atom. The molecule has 1 heterocycles. The van der Waals surface area contributed by atoms with Gasteiger partial charge in [-0.2, -0.15) is 5.26 Å². The highest BCUT2D eigenvalue weighted by Gasteiger charge is 2.21. The number of hydrogen-bond acceptors (Lipinski definition) is 5. The van der Waals surface area contributed by atoms with Crippen LogP contribution in [0.4, 0.5) is 4.79 Å². The van der Waals surface area contributed by atoms with Crippen LogP contribution in [0, 0.1) is 11.3 Å². The quantitative estimate of drug-likeness (QED) is 0.880. The minimum Gasteiger partial charge on any atom is -0.438 e. The van der Waals surface area contributed by atoms with Crippen molar-refractivity contribution in [3.63, 3.8) is 0 Å². The standard InChI is InChI=1S/C12H16N2O3S/c1-12(2,3)14-11(16)17-9(6-15)10-4-8(5-13)7-18-10/h4,7,9,15H,6H2,1-3H3,(H,14,16)/t9-/m0/s1. The molecule has 1 aromatic rings. The molecule has 5 nitrogen and oxygen atoms in total. The number of aliphatic hydroxyl groups is 1. The van der Waals surface area contributed by atoms with Crippen LogP contribution in [0.25, 0.3) is 0 Å². The van der Waals surface area contributed by atoms with Gasteiger partial charge in [-0.15, -0.1) is 11.3 Å². The van der Waals surface area contributed by atoms with Gasteiger partial charge >= 0.3 is 6.09 Å². The molecule has 0 fully saturated rings. The summed E-state index contributed by atoms with van der Waals surface area (Å²) in [4.78, 5) is 12.2. The number of aliphatic hydroxyl groups excluding tert-OH is 1. The molecule has 0 saturated carbocycles. The fourth-order valence-electron chi connectivity index (χ4n) is 1.23. The van der Waals surface area contributed by atoms with Gasteiger partial charge in [0.25, 0.3) is 0 Å². The smallest absolute Gasteiger partial charge is 0.408 e. The first-order valence-corrected chi connectivity index (χ1v) is 6.32. The SMILES string of the molecule is CC(C)(C)NC(=O)O[C@@H](CO)c1cc(C#N)cs1. The van der Waals surface area contributed by atoms with Crippen LogP contribution < -0.4 is 5.32 Å². The minimum atomic E-state index is -0.737. The van der Waals surface area contributed by atoms with Crippen LogP contribution in [0.5, 0.6) is 0 Å². The van der Waals surface area contributed by atoms with E-state index in [9.17, 15) is 9.90 Å². The maximum atomic E-state index is 11.6. The molecule has 1 aromatic heterocycles. The van der Waals surface area contributed by atoms with Gasteiger partial charge in [0.05, 0.1) is 12.2 Å². The normalized spacial score (nSPS) is 12.6. The van der Waals surface area contributed by atoms with Crippen LogP contribution in [-0.4, -0.2) is 23.3 Å². The minimum absolute atomic E-state index is 0.317. The highest BCUT2D eigenvalue weighted by molar-refractivity contribution is 7.10. The van der Waals surface area contributed by atoms with Gasteiger partial charge in [0.1, 0.15) is 6.07 Å². The molecule has 0 saturated heterocycles. The second-order valence-electron chi connectivity index (χ2n) is 4.80. The molecule has 0 bridgehead atoms. The number of carbonyl (C=O) groups excluding carboxylic acids is 1. The lowest BCUT2D eigenvalue weighted by molar-refractivity contribution is 0.0549. The fraction of sp³-hybridized carbons (Fsp3) is 0.500. The average Bonchev–Trinajstić information content (AvgIpc) is 2.71.